The zero-order chi connectivity index (χ0) is 16.2. The van der Waals surface area contributed by atoms with Crippen molar-refractivity contribution in [2.75, 3.05) is 27.4 Å². The molecule has 0 spiro atoms. The number of benzene rings is 2. The Morgan fingerprint density at radius 2 is 1.83 bits per heavy atom. The van der Waals surface area contributed by atoms with Crippen molar-refractivity contribution in [3.8, 4) is 17.2 Å². The number of hydrogen-bond donors (Lipinski definition) is 1. The Morgan fingerprint density at radius 1 is 1.04 bits per heavy atom. The molecule has 2 aromatic carbocycles. The third kappa shape index (κ3) is 2.99. The second-order valence-electron chi connectivity index (χ2n) is 5.51. The number of methoxy groups -OCH3 is 2. The van der Waals surface area contributed by atoms with Gasteiger partial charge in [0, 0.05) is 12.1 Å². The predicted octanol–water partition coefficient (Wildman–Crippen LogP) is 3.34. The van der Waals surface area contributed by atoms with E-state index in [4.69, 9.17) is 14.2 Å². The van der Waals surface area contributed by atoms with Gasteiger partial charge < -0.3 is 19.5 Å². The lowest BCUT2D eigenvalue weighted by molar-refractivity contribution is 0.305. The molecule has 1 aliphatic heterocycles. The summed E-state index contributed by atoms with van der Waals surface area (Å²) in [6.07, 6.45) is 0.939. The maximum absolute atomic E-state index is 5.87. The van der Waals surface area contributed by atoms with Crippen LogP contribution in [0.4, 0.5) is 0 Å². The van der Waals surface area contributed by atoms with Crippen LogP contribution in [-0.2, 0) is 6.42 Å². The van der Waals surface area contributed by atoms with Gasteiger partial charge in [-0.1, -0.05) is 18.2 Å². The molecule has 0 bridgehead atoms. The second kappa shape index (κ2) is 6.92. The molecule has 4 heteroatoms. The van der Waals surface area contributed by atoms with Gasteiger partial charge in [-0.25, -0.2) is 0 Å². The third-order valence-electron chi connectivity index (χ3n) is 4.25. The Bertz CT molecular complexity index is 667. The predicted molar refractivity (Wildman–Crippen MR) is 90.7 cm³/mol. The van der Waals surface area contributed by atoms with Crippen LogP contribution in [-0.4, -0.2) is 27.4 Å². The molecule has 23 heavy (non-hydrogen) atoms. The first kappa shape index (κ1) is 15.7. The molecule has 0 fully saturated rings. The summed E-state index contributed by atoms with van der Waals surface area (Å²) in [5, 5.41) is 3.60. The summed E-state index contributed by atoms with van der Waals surface area (Å²) in [6, 6.07) is 12.5. The molecule has 0 saturated heterocycles. The molecular formula is C19H23NO3. The summed E-state index contributed by atoms with van der Waals surface area (Å²) >= 11 is 0. The van der Waals surface area contributed by atoms with E-state index in [0.29, 0.717) is 6.61 Å². The molecule has 0 saturated carbocycles. The topological polar surface area (TPSA) is 39.7 Å². The first-order valence-electron chi connectivity index (χ1n) is 7.98. The Morgan fingerprint density at radius 3 is 2.48 bits per heavy atom. The van der Waals surface area contributed by atoms with Gasteiger partial charge in [-0.15, -0.1) is 0 Å². The Kier molecular flexibility index (Phi) is 4.72. The van der Waals surface area contributed by atoms with Crippen molar-refractivity contribution < 1.29 is 14.2 Å². The van der Waals surface area contributed by atoms with Crippen LogP contribution in [0.5, 0.6) is 17.2 Å². The lowest BCUT2D eigenvalue weighted by atomic mass is 9.89. The van der Waals surface area contributed by atoms with Crippen molar-refractivity contribution in [1.82, 2.24) is 5.32 Å². The Balaban J connectivity index is 2.03. The average Bonchev–Trinajstić information content (AvgIpc) is 2.62. The number of nitrogens with one attached hydrogen (secondary N) is 1. The quantitative estimate of drug-likeness (QED) is 0.919. The summed E-state index contributed by atoms with van der Waals surface area (Å²) in [5.74, 6) is 2.56. The number of rotatable bonds is 5. The highest BCUT2D eigenvalue weighted by Gasteiger charge is 2.26. The van der Waals surface area contributed by atoms with Crippen LogP contribution in [0.3, 0.4) is 0 Å². The van der Waals surface area contributed by atoms with Gasteiger partial charge in [0.15, 0.2) is 11.5 Å². The van der Waals surface area contributed by atoms with Crippen molar-refractivity contribution in [2.24, 2.45) is 0 Å². The molecule has 0 radical (unpaired) electrons. The number of hydrogen-bond acceptors (Lipinski definition) is 4. The first-order chi connectivity index (χ1) is 11.3. The van der Waals surface area contributed by atoms with Crippen LogP contribution in [0.2, 0.25) is 0 Å². The molecule has 0 aromatic heterocycles. The van der Waals surface area contributed by atoms with Crippen LogP contribution in [0.25, 0.3) is 0 Å². The molecule has 122 valence electrons. The lowest BCUT2D eigenvalue weighted by Crippen LogP contribution is -2.31. The van der Waals surface area contributed by atoms with Gasteiger partial charge in [0.2, 0.25) is 0 Å². The molecule has 1 heterocycles. The Labute approximate surface area is 137 Å². The van der Waals surface area contributed by atoms with Gasteiger partial charge in [0.05, 0.1) is 26.9 Å². The maximum Gasteiger partial charge on any atom is 0.164 e. The highest BCUT2D eigenvalue weighted by atomic mass is 16.5. The zero-order valence-corrected chi connectivity index (χ0v) is 13.9. The van der Waals surface area contributed by atoms with E-state index in [9.17, 15) is 0 Å². The minimum Gasteiger partial charge on any atom is -0.497 e. The van der Waals surface area contributed by atoms with E-state index in [1.54, 1.807) is 14.2 Å². The normalized spacial score (nSPS) is 16.6. The van der Waals surface area contributed by atoms with E-state index in [0.717, 1.165) is 30.2 Å². The monoisotopic (exact) mass is 313 g/mol. The SMILES string of the molecule is CCOc1c(OC)ccc2c1CCNC2c1ccc(OC)cc1. The molecule has 1 atom stereocenters. The second-order valence-corrected chi connectivity index (χ2v) is 5.51. The standard InChI is InChI=1S/C19H23NO3/c1-4-23-19-16-11-12-20-18(15(16)9-10-17(19)22-3)13-5-7-14(21-2)8-6-13/h5-10,18,20H,4,11-12H2,1-3H3. The molecule has 2 aromatic rings. The van der Waals surface area contributed by atoms with E-state index < -0.39 is 0 Å². The maximum atomic E-state index is 5.87. The summed E-state index contributed by atoms with van der Waals surface area (Å²) < 4.78 is 16.6. The zero-order valence-electron chi connectivity index (χ0n) is 13.9. The molecule has 0 aliphatic carbocycles. The molecule has 1 N–H and O–H groups in total. The molecule has 1 aliphatic rings. The van der Waals surface area contributed by atoms with E-state index in [-0.39, 0.29) is 6.04 Å². The highest BCUT2D eigenvalue weighted by molar-refractivity contribution is 5.54. The van der Waals surface area contributed by atoms with E-state index in [2.05, 4.69) is 23.5 Å². The van der Waals surface area contributed by atoms with E-state index in [1.165, 1.54) is 16.7 Å². The van der Waals surface area contributed by atoms with E-state index >= 15 is 0 Å². The van der Waals surface area contributed by atoms with Gasteiger partial charge in [-0.3, -0.25) is 0 Å². The van der Waals surface area contributed by atoms with Gasteiger partial charge in [-0.05, 0) is 42.7 Å². The van der Waals surface area contributed by atoms with Crippen molar-refractivity contribution in [3.05, 3.63) is 53.1 Å². The van der Waals surface area contributed by atoms with Crippen molar-refractivity contribution in [2.45, 2.75) is 19.4 Å². The van der Waals surface area contributed by atoms with Crippen molar-refractivity contribution in [3.63, 3.8) is 0 Å². The van der Waals surface area contributed by atoms with Gasteiger partial charge >= 0.3 is 0 Å². The van der Waals surface area contributed by atoms with Crippen LogP contribution >= 0.6 is 0 Å². The van der Waals surface area contributed by atoms with Gasteiger partial charge in [0.25, 0.3) is 0 Å². The largest absolute Gasteiger partial charge is 0.497 e. The molecule has 4 nitrogen and oxygen atoms in total. The minimum atomic E-state index is 0.162. The fourth-order valence-electron chi connectivity index (χ4n) is 3.16. The number of ether oxygens (including phenoxy) is 3. The fraction of sp³-hybridized carbons (Fsp3) is 0.368. The first-order valence-corrected chi connectivity index (χ1v) is 7.98. The molecular weight excluding hydrogens is 290 g/mol. The third-order valence-corrected chi connectivity index (χ3v) is 4.25. The summed E-state index contributed by atoms with van der Waals surface area (Å²) in [4.78, 5) is 0. The van der Waals surface area contributed by atoms with Crippen molar-refractivity contribution >= 4 is 0 Å². The molecule has 3 rings (SSSR count). The summed E-state index contributed by atoms with van der Waals surface area (Å²) in [7, 11) is 3.37. The summed E-state index contributed by atoms with van der Waals surface area (Å²) in [6.45, 7) is 3.55. The Hall–Kier alpha value is -2.20. The van der Waals surface area contributed by atoms with Crippen LogP contribution in [0, 0.1) is 0 Å². The van der Waals surface area contributed by atoms with Gasteiger partial charge in [0.1, 0.15) is 5.75 Å². The summed E-state index contributed by atoms with van der Waals surface area (Å²) in [5.41, 5.74) is 3.72. The van der Waals surface area contributed by atoms with Crippen molar-refractivity contribution in [1.29, 1.82) is 0 Å². The fourth-order valence-corrected chi connectivity index (χ4v) is 3.16. The average molecular weight is 313 g/mol. The van der Waals surface area contributed by atoms with Crippen LogP contribution in [0.15, 0.2) is 36.4 Å². The van der Waals surface area contributed by atoms with Gasteiger partial charge in [-0.2, -0.15) is 0 Å². The molecule has 1 unspecified atom stereocenters. The van der Waals surface area contributed by atoms with Crippen LogP contribution in [0.1, 0.15) is 29.7 Å². The highest BCUT2D eigenvalue weighted by Crippen LogP contribution is 2.40. The smallest absolute Gasteiger partial charge is 0.164 e. The molecule has 0 amide bonds. The van der Waals surface area contributed by atoms with E-state index in [1.807, 2.05) is 25.1 Å². The van der Waals surface area contributed by atoms with Crippen LogP contribution < -0.4 is 19.5 Å². The lowest BCUT2D eigenvalue weighted by Gasteiger charge is -2.29. The number of fused-ring (bicyclic) bond motifs is 1. The minimum absolute atomic E-state index is 0.162.